The lowest BCUT2D eigenvalue weighted by Crippen LogP contribution is -2.50. The van der Waals surface area contributed by atoms with Crippen molar-refractivity contribution < 1.29 is 32.7 Å². The SMILES string of the molecule is CCCCCCCCCCCC[N+](CCCCCCCCCCCC)(CCCCCCCCCCCC)CCCCCCCCCCCC.O=C(O)c1ccccc1S(=O)(=O)c1ccccc1C(=O)O. The van der Waals surface area contributed by atoms with Crippen LogP contribution in [0.2, 0.25) is 0 Å². The first-order valence-corrected chi connectivity index (χ1v) is 31.3. The Morgan fingerprint density at radius 3 is 0.714 bits per heavy atom. The van der Waals surface area contributed by atoms with Crippen LogP contribution in [-0.4, -0.2) is 61.2 Å². The normalized spacial score (nSPS) is 11.7. The molecule has 0 saturated carbocycles. The maximum Gasteiger partial charge on any atom is 0.337 e. The van der Waals surface area contributed by atoms with Gasteiger partial charge in [0.15, 0.2) is 0 Å². The average Bonchev–Trinajstić information content (AvgIpc) is 3.36. The van der Waals surface area contributed by atoms with E-state index in [0.717, 1.165) is 24.3 Å². The van der Waals surface area contributed by atoms with Crippen molar-refractivity contribution in [2.24, 2.45) is 0 Å². The molecule has 0 amide bonds. The fourth-order valence-corrected chi connectivity index (χ4v) is 11.9. The second kappa shape index (κ2) is 44.9. The van der Waals surface area contributed by atoms with Gasteiger partial charge in [-0.15, -0.1) is 0 Å². The number of carboxylic acids is 2. The summed E-state index contributed by atoms with van der Waals surface area (Å²) in [6.07, 6.45) is 58.7. The van der Waals surface area contributed by atoms with E-state index in [1.54, 1.807) is 0 Å². The molecule has 0 unspecified atom stereocenters. The van der Waals surface area contributed by atoms with Gasteiger partial charge in [0.25, 0.3) is 0 Å². The second-order valence-corrected chi connectivity index (χ2v) is 23.0. The monoisotopic (exact) mass is 997 g/mol. The molecule has 70 heavy (non-hydrogen) atoms. The van der Waals surface area contributed by atoms with Crippen molar-refractivity contribution >= 4 is 21.8 Å². The van der Waals surface area contributed by atoms with Crippen LogP contribution < -0.4 is 0 Å². The Kier molecular flexibility index (Phi) is 41.9. The van der Waals surface area contributed by atoms with Gasteiger partial charge in [0.2, 0.25) is 9.84 Å². The van der Waals surface area contributed by atoms with E-state index in [1.165, 1.54) is 312 Å². The van der Waals surface area contributed by atoms with E-state index >= 15 is 0 Å². The summed E-state index contributed by atoms with van der Waals surface area (Å²) in [6, 6.07) is 10.1. The summed E-state index contributed by atoms with van der Waals surface area (Å²) in [6.45, 7) is 15.3. The molecule has 0 spiro atoms. The molecular formula is C62H110NO6S+. The highest BCUT2D eigenvalue weighted by Crippen LogP contribution is 2.27. The summed E-state index contributed by atoms with van der Waals surface area (Å²) in [4.78, 5) is 21.4. The number of carbonyl (C=O) groups is 2. The number of carboxylic acid groups (broad SMARTS) is 2. The number of quaternary nitrogens is 1. The summed E-state index contributed by atoms with van der Waals surface area (Å²) in [5.74, 6) is -2.80. The molecule has 7 nitrogen and oxygen atoms in total. The van der Waals surface area contributed by atoms with Crippen LogP contribution in [0.4, 0.5) is 0 Å². The van der Waals surface area contributed by atoms with Crippen LogP contribution in [0.3, 0.4) is 0 Å². The molecule has 8 heteroatoms. The third-order valence-electron chi connectivity index (χ3n) is 14.8. The van der Waals surface area contributed by atoms with Gasteiger partial charge in [0, 0.05) is 0 Å². The number of hydrogen-bond donors (Lipinski definition) is 2. The highest BCUT2D eigenvalue weighted by Gasteiger charge is 2.28. The van der Waals surface area contributed by atoms with E-state index in [4.69, 9.17) is 10.2 Å². The minimum Gasteiger partial charge on any atom is -0.478 e. The Hall–Kier alpha value is -2.71. The molecule has 2 rings (SSSR count). The van der Waals surface area contributed by atoms with Crippen LogP contribution in [0.5, 0.6) is 0 Å². The van der Waals surface area contributed by atoms with E-state index < -0.39 is 42.7 Å². The van der Waals surface area contributed by atoms with Gasteiger partial charge >= 0.3 is 11.9 Å². The standard InChI is InChI=1S/C48H100N.C14H10O6S/c1-5-9-13-17-21-25-29-33-37-41-45-49(46-42-38-34-30-26-22-18-14-10-6-2,47-43-39-35-31-27-23-19-15-11-7-3)48-44-40-36-32-28-24-20-16-12-8-4;15-13(16)9-5-1-3-7-11(9)21(19,20)12-8-4-2-6-10(12)14(17)18/h5-48H2,1-4H3;1-8H,(H,15,16)(H,17,18)/q+1;. The predicted molar refractivity (Wildman–Crippen MR) is 299 cm³/mol. The number of nitrogens with zero attached hydrogens (tertiary/aromatic N) is 1. The number of hydrogen-bond acceptors (Lipinski definition) is 4. The molecule has 0 radical (unpaired) electrons. The van der Waals surface area contributed by atoms with Crippen LogP contribution in [0.15, 0.2) is 58.3 Å². The van der Waals surface area contributed by atoms with E-state index in [1.807, 2.05) is 0 Å². The molecule has 0 aliphatic rings. The highest BCUT2D eigenvalue weighted by molar-refractivity contribution is 7.91. The van der Waals surface area contributed by atoms with Gasteiger partial charge < -0.3 is 14.7 Å². The zero-order valence-corrected chi connectivity index (χ0v) is 46.9. The molecule has 0 aromatic heterocycles. The minimum absolute atomic E-state index is 0.405. The second-order valence-electron chi connectivity index (χ2n) is 21.1. The lowest BCUT2D eigenvalue weighted by Gasteiger charge is -2.40. The topological polar surface area (TPSA) is 109 Å². The number of rotatable bonds is 48. The molecular weight excluding hydrogens is 887 g/mol. The molecule has 404 valence electrons. The Labute approximate surface area is 432 Å². The van der Waals surface area contributed by atoms with Crippen LogP contribution >= 0.6 is 0 Å². The van der Waals surface area contributed by atoms with E-state index in [2.05, 4.69) is 27.7 Å². The Morgan fingerprint density at radius 1 is 0.329 bits per heavy atom. The summed E-state index contributed by atoms with van der Waals surface area (Å²) < 4.78 is 26.6. The van der Waals surface area contributed by atoms with Crippen molar-refractivity contribution in [2.75, 3.05) is 26.2 Å². The molecule has 0 saturated heterocycles. The third kappa shape index (κ3) is 32.4. The Balaban J connectivity index is 0.000000957. The third-order valence-corrected chi connectivity index (χ3v) is 16.6. The van der Waals surface area contributed by atoms with Crippen LogP contribution in [0, 0.1) is 0 Å². The first kappa shape index (κ1) is 65.3. The number of sulfone groups is 1. The molecule has 2 aromatic rings. The molecule has 0 bridgehead atoms. The lowest BCUT2D eigenvalue weighted by atomic mass is 10.0. The smallest absolute Gasteiger partial charge is 0.337 e. The minimum atomic E-state index is -4.25. The van der Waals surface area contributed by atoms with Crippen LogP contribution in [0.1, 0.15) is 305 Å². The first-order chi connectivity index (χ1) is 34.1. The quantitative estimate of drug-likeness (QED) is 0.0505. The maximum absolute atomic E-state index is 12.6. The van der Waals surface area contributed by atoms with Crippen molar-refractivity contribution in [3.63, 3.8) is 0 Å². The van der Waals surface area contributed by atoms with Crippen molar-refractivity contribution in [3.8, 4) is 0 Å². The molecule has 0 aliphatic carbocycles. The molecule has 2 aromatic carbocycles. The fraction of sp³-hybridized carbons (Fsp3) is 0.774. The number of unbranched alkanes of at least 4 members (excludes halogenated alkanes) is 36. The van der Waals surface area contributed by atoms with Crippen molar-refractivity contribution in [3.05, 3.63) is 59.7 Å². The Bertz CT molecular complexity index is 1480. The summed E-state index contributed by atoms with van der Waals surface area (Å²) >= 11 is 0. The zero-order chi connectivity index (χ0) is 51.2. The summed E-state index contributed by atoms with van der Waals surface area (Å²) in [5.41, 5.74) is -0.810. The fourth-order valence-electron chi connectivity index (χ4n) is 10.3. The van der Waals surface area contributed by atoms with Crippen molar-refractivity contribution in [2.45, 2.75) is 294 Å². The van der Waals surface area contributed by atoms with E-state index in [0.29, 0.717) is 0 Å². The summed E-state index contributed by atoms with van der Waals surface area (Å²) in [5, 5.41) is 18.1. The lowest BCUT2D eigenvalue weighted by molar-refractivity contribution is -0.929. The average molecular weight is 998 g/mol. The number of aromatic carboxylic acids is 2. The zero-order valence-electron chi connectivity index (χ0n) is 46.1. The van der Waals surface area contributed by atoms with Crippen molar-refractivity contribution in [1.29, 1.82) is 0 Å². The van der Waals surface area contributed by atoms with Gasteiger partial charge in [0.1, 0.15) is 0 Å². The van der Waals surface area contributed by atoms with Gasteiger partial charge in [-0.2, -0.15) is 0 Å². The maximum atomic E-state index is 12.6. The van der Waals surface area contributed by atoms with Crippen molar-refractivity contribution in [1.82, 2.24) is 0 Å². The largest absolute Gasteiger partial charge is 0.478 e. The van der Waals surface area contributed by atoms with E-state index in [-0.39, 0.29) is 0 Å². The number of benzene rings is 2. The van der Waals surface area contributed by atoms with Gasteiger partial charge in [0.05, 0.1) is 47.1 Å². The van der Waals surface area contributed by atoms with E-state index in [9.17, 15) is 18.0 Å². The van der Waals surface area contributed by atoms with Gasteiger partial charge in [-0.3, -0.25) is 0 Å². The first-order valence-electron chi connectivity index (χ1n) is 29.8. The molecule has 2 N–H and O–H groups in total. The van der Waals surface area contributed by atoms with Gasteiger partial charge in [-0.25, -0.2) is 18.0 Å². The van der Waals surface area contributed by atoms with Crippen LogP contribution in [-0.2, 0) is 9.84 Å². The van der Waals surface area contributed by atoms with Gasteiger partial charge in [-0.05, 0) is 75.6 Å². The van der Waals surface area contributed by atoms with Gasteiger partial charge in [-0.1, -0.05) is 257 Å². The highest BCUT2D eigenvalue weighted by atomic mass is 32.2. The summed E-state index contributed by atoms with van der Waals surface area (Å²) in [7, 11) is -4.25. The van der Waals surface area contributed by atoms with Crippen LogP contribution in [0.25, 0.3) is 0 Å². The molecule has 0 atom stereocenters. The molecule has 0 heterocycles. The predicted octanol–water partition coefficient (Wildman–Crippen LogP) is 19.4. The molecule has 0 aliphatic heterocycles. The Morgan fingerprint density at radius 2 is 0.514 bits per heavy atom. The molecule has 0 fully saturated rings.